The lowest BCUT2D eigenvalue weighted by atomic mass is 10.2. The number of benzene rings is 2. The fourth-order valence-corrected chi connectivity index (χ4v) is 4.86. The number of rotatable bonds is 8. The summed E-state index contributed by atoms with van der Waals surface area (Å²) in [6.07, 6.45) is 1.19. The topological polar surface area (TPSA) is 117 Å². The number of carbonyl (C=O) groups is 1. The van der Waals surface area contributed by atoms with Gasteiger partial charge in [0.15, 0.2) is 15.7 Å². The average Bonchev–Trinajstić information content (AvgIpc) is 2.87. The number of nitrogens with zero attached hydrogens (tertiary/aromatic N) is 4. The van der Waals surface area contributed by atoms with Crippen LogP contribution in [0.25, 0.3) is 11.4 Å². The van der Waals surface area contributed by atoms with Crippen LogP contribution < -0.4 is 20.4 Å². The molecule has 0 unspecified atom stereocenters. The van der Waals surface area contributed by atoms with Crippen LogP contribution in [0.4, 0.5) is 22.0 Å². The molecule has 1 aliphatic rings. The molecule has 10 nitrogen and oxygen atoms in total. The summed E-state index contributed by atoms with van der Waals surface area (Å²) in [5, 5.41) is 5.71. The van der Waals surface area contributed by atoms with E-state index >= 15 is 0 Å². The van der Waals surface area contributed by atoms with E-state index in [9.17, 15) is 13.2 Å². The minimum atomic E-state index is -3.28. The SMILES string of the molecule is C[C@H]1COCCN1c1cc(CS(C)(=O)=O)nc(-c2ccc(NC(=O)NCc3cccc(N(C)C)c3)cc2)n1. The zero-order valence-corrected chi connectivity index (χ0v) is 23.0. The molecule has 0 saturated carbocycles. The van der Waals surface area contributed by atoms with Gasteiger partial charge in [0, 0.05) is 56.4 Å². The number of morpholine rings is 1. The van der Waals surface area contributed by atoms with Crippen molar-refractivity contribution in [2.24, 2.45) is 0 Å². The third kappa shape index (κ3) is 7.42. The first-order valence-corrected chi connectivity index (χ1v) is 14.4. The fraction of sp³-hybridized carbons (Fsp3) is 0.370. The van der Waals surface area contributed by atoms with Gasteiger partial charge in [0.05, 0.1) is 30.7 Å². The molecule has 1 saturated heterocycles. The summed E-state index contributed by atoms with van der Waals surface area (Å²) >= 11 is 0. The summed E-state index contributed by atoms with van der Waals surface area (Å²) in [6, 6.07) is 16.6. The molecule has 4 rings (SSSR count). The van der Waals surface area contributed by atoms with Crippen molar-refractivity contribution in [3.8, 4) is 11.4 Å². The molecule has 2 aromatic carbocycles. The maximum absolute atomic E-state index is 12.5. The molecule has 38 heavy (non-hydrogen) atoms. The lowest BCUT2D eigenvalue weighted by Crippen LogP contribution is -2.44. The third-order valence-corrected chi connectivity index (χ3v) is 6.94. The maximum atomic E-state index is 12.5. The summed E-state index contributed by atoms with van der Waals surface area (Å²) in [5.41, 5.74) is 3.83. The van der Waals surface area contributed by atoms with Gasteiger partial charge in [0.1, 0.15) is 5.82 Å². The van der Waals surface area contributed by atoms with Crippen LogP contribution in [0, 0.1) is 0 Å². The highest BCUT2D eigenvalue weighted by molar-refractivity contribution is 7.89. The van der Waals surface area contributed by atoms with Gasteiger partial charge >= 0.3 is 6.03 Å². The Morgan fingerprint density at radius 1 is 1.13 bits per heavy atom. The van der Waals surface area contributed by atoms with Crippen LogP contribution in [-0.4, -0.2) is 70.6 Å². The Morgan fingerprint density at radius 3 is 2.58 bits per heavy atom. The molecular formula is C27H34N6O4S. The highest BCUT2D eigenvalue weighted by atomic mass is 32.2. The quantitative estimate of drug-likeness (QED) is 0.449. The molecular weight excluding hydrogens is 504 g/mol. The summed E-state index contributed by atoms with van der Waals surface area (Å²) < 4.78 is 29.5. The Hall–Kier alpha value is -3.70. The van der Waals surface area contributed by atoms with E-state index in [1.165, 1.54) is 6.26 Å². The van der Waals surface area contributed by atoms with Gasteiger partial charge in [-0.15, -0.1) is 0 Å². The molecule has 2 amide bonds. The van der Waals surface area contributed by atoms with E-state index in [1.807, 2.05) is 62.3 Å². The minimum absolute atomic E-state index is 0.105. The number of ether oxygens (including phenoxy) is 1. The molecule has 202 valence electrons. The molecule has 1 aromatic heterocycles. The van der Waals surface area contributed by atoms with Gasteiger partial charge < -0.3 is 25.2 Å². The second-order valence-corrected chi connectivity index (χ2v) is 11.8. The number of sulfone groups is 1. The number of carbonyl (C=O) groups excluding carboxylic acids is 1. The van der Waals surface area contributed by atoms with Crippen molar-refractivity contribution >= 4 is 33.1 Å². The van der Waals surface area contributed by atoms with Crippen LogP contribution in [0.3, 0.4) is 0 Å². The van der Waals surface area contributed by atoms with Crippen LogP contribution in [0.1, 0.15) is 18.2 Å². The summed E-state index contributed by atoms with van der Waals surface area (Å²) in [5.74, 6) is 0.923. The highest BCUT2D eigenvalue weighted by Gasteiger charge is 2.22. The third-order valence-electron chi connectivity index (χ3n) is 6.12. The molecule has 2 N–H and O–H groups in total. The van der Waals surface area contributed by atoms with E-state index < -0.39 is 9.84 Å². The van der Waals surface area contributed by atoms with Crippen LogP contribution in [0.15, 0.2) is 54.6 Å². The minimum Gasteiger partial charge on any atom is -0.378 e. The van der Waals surface area contributed by atoms with Gasteiger partial charge in [0.25, 0.3) is 0 Å². The predicted molar refractivity (Wildman–Crippen MR) is 150 cm³/mol. The number of amides is 2. The fourth-order valence-electron chi connectivity index (χ4n) is 4.17. The zero-order chi connectivity index (χ0) is 27.3. The maximum Gasteiger partial charge on any atom is 0.319 e. The molecule has 0 aliphatic carbocycles. The van der Waals surface area contributed by atoms with Gasteiger partial charge in [-0.3, -0.25) is 0 Å². The van der Waals surface area contributed by atoms with E-state index in [1.54, 1.807) is 18.2 Å². The van der Waals surface area contributed by atoms with E-state index in [0.717, 1.165) is 11.3 Å². The zero-order valence-electron chi connectivity index (χ0n) is 22.1. The molecule has 1 fully saturated rings. The van der Waals surface area contributed by atoms with Crippen molar-refractivity contribution < 1.29 is 17.9 Å². The van der Waals surface area contributed by atoms with Crippen molar-refractivity contribution in [2.45, 2.75) is 25.3 Å². The van der Waals surface area contributed by atoms with Crippen LogP contribution in [0.2, 0.25) is 0 Å². The van der Waals surface area contributed by atoms with E-state index in [4.69, 9.17) is 9.72 Å². The van der Waals surface area contributed by atoms with Crippen molar-refractivity contribution in [3.63, 3.8) is 0 Å². The van der Waals surface area contributed by atoms with Gasteiger partial charge in [-0.25, -0.2) is 23.2 Å². The Balaban J connectivity index is 1.47. The van der Waals surface area contributed by atoms with Gasteiger partial charge in [-0.05, 0) is 48.9 Å². The number of hydrogen-bond acceptors (Lipinski definition) is 8. The lowest BCUT2D eigenvalue weighted by Gasteiger charge is -2.34. The summed E-state index contributed by atoms with van der Waals surface area (Å²) in [4.78, 5) is 25.8. The normalized spacial score (nSPS) is 15.7. The van der Waals surface area contributed by atoms with Crippen LogP contribution in [0.5, 0.6) is 0 Å². The second kappa shape index (κ2) is 11.8. The molecule has 0 bridgehead atoms. The number of hydrogen-bond donors (Lipinski definition) is 2. The number of nitrogens with one attached hydrogen (secondary N) is 2. The molecule has 3 aromatic rings. The predicted octanol–water partition coefficient (Wildman–Crippen LogP) is 3.30. The standard InChI is InChI=1S/C27H34N6O4S/c1-19-17-37-13-12-33(19)25-15-23(18-38(4,35)36)29-26(31-25)21-8-10-22(11-9-21)30-27(34)28-16-20-6-5-7-24(14-20)32(2)3/h5-11,14-15,19H,12-13,16-18H2,1-4H3,(H2,28,30,34)/t19-/m0/s1. The molecule has 1 aliphatic heterocycles. The first-order chi connectivity index (χ1) is 18.1. The smallest absolute Gasteiger partial charge is 0.319 e. The summed E-state index contributed by atoms with van der Waals surface area (Å²) in [7, 11) is 0.664. The first kappa shape index (κ1) is 27.3. The molecule has 0 spiro atoms. The van der Waals surface area contributed by atoms with Crippen molar-refractivity contribution in [2.75, 3.05) is 55.2 Å². The van der Waals surface area contributed by atoms with Crippen LogP contribution in [-0.2, 0) is 26.9 Å². The number of anilines is 3. The Morgan fingerprint density at radius 2 is 1.89 bits per heavy atom. The molecule has 11 heteroatoms. The van der Waals surface area contributed by atoms with Crippen molar-refractivity contribution in [1.29, 1.82) is 0 Å². The highest BCUT2D eigenvalue weighted by Crippen LogP contribution is 2.25. The van der Waals surface area contributed by atoms with Crippen molar-refractivity contribution in [1.82, 2.24) is 15.3 Å². The number of urea groups is 1. The Kier molecular flexibility index (Phi) is 8.48. The van der Waals surface area contributed by atoms with Gasteiger partial charge in [-0.1, -0.05) is 12.1 Å². The Labute approximate surface area is 224 Å². The second-order valence-electron chi connectivity index (χ2n) is 9.68. The first-order valence-electron chi connectivity index (χ1n) is 12.4. The summed E-state index contributed by atoms with van der Waals surface area (Å²) in [6.45, 7) is 4.25. The lowest BCUT2D eigenvalue weighted by molar-refractivity contribution is 0.0985. The Bertz CT molecular complexity index is 1380. The molecule has 2 heterocycles. The largest absolute Gasteiger partial charge is 0.378 e. The molecule has 0 radical (unpaired) electrons. The van der Waals surface area contributed by atoms with Gasteiger partial charge in [-0.2, -0.15) is 0 Å². The monoisotopic (exact) mass is 538 g/mol. The van der Waals surface area contributed by atoms with E-state index in [0.29, 0.717) is 54.9 Å². The van der Waals surface area contributed by atoms with E-state index in [2.05, 4.69) is 20.5 Å². The molecule has 1 atom stereocenters. The van der Waals surface area contributed by atoms with Gasteiger partial charge in [0.2, 0.25) is 0 Å². The van der Waals surface area contributed by atoms with Crippen molar-refractivity contribution in [3.05, 3.63) is 65.9 Å². The van der Waals surface area contributed by atoms with E-state index in [-0.39, 0.29) is 17.8 Å². The average molecular weight is 539 g/mol. The van der Waals surface area contributed by atoms with Crippen LogP contribution >= 0.6 is 0 Å². The number of aromatic nitrogens is 2.